The Morgan fingerprint density at radius 3 is 2.44 bits per heavy atom. The SMILES string of the molecule is CCOc1ccc(C(=O)Oc2ccc3c(c2)OC(N)=C(C#N)C3c2ccc(Br)cc2)cc1. The molecule has 0 fully saturated rings. The van der Waals surface area contributed by atoms with Crippen LogP contribution in [0.2, 0.25) is 0 Å². The molecule has 0 spiro atoms. The molecule has 32 heavy (non-hydrogen) atoms. The van der Waals surface area contributed by atoms with Crippen molar-refractivity contribution in [3.05, 3.63) is 99.3 Å². The maximum atomic E-state index is 12.5. The van der Waals surface area contributed by atoms with Crippen molar-refractivity contribution in [3.63, 3.8) is 0 Å². The van der Waals surface area contributed by atoms with Crippen LogP contribution in [0.3, 0.4) is 0 Å². The van der Waals surface area contributed by atoms with Gasteiger partial charge in [-0.25, -0.2) is 4.79 Å². The summed E-state index contributed by atoms with van der Waals surface area (Å²) in [6.45, 7) is 2.44. The van der Waals surface area contributed by atoms with E-state index in [1.807, 2.05) is 31.2 Å². The maximum absolute atomic E-state index is 12.5. The lowest BCUT2D eigenvalue weighted by molar-refractivity contribution is 0.0734. The van der Waals surface area contributed by atoms with Gasteiger partial charge < -0.3 is 19.9 Å². The Bertz CT molecular complexity index is 1230. The van der Waals surface area contributed by atoms with Gasteiger partial charge in [-0.1, -0.05) is 34.1 Å². The van der Waals surface area contributed by atoms with Gasteiger partial charge in [-0.3, -0.25) is 0 Å². The second-order valence-electron chi connectivity index (χ2n) is 7.02. The van der Waals surface area contributed by atoms with Gasteiger partial charge >= 0.3 is 5.97 Å². The largest absolute Gasteiger partial charge is 0.494 e. The molecule has 0 aliphatic carbocycles. The van der Waals surface area contributed by atoms with Gasteiger partial charge in [-0.15, -0.1) is 0 Å². The minimum atomic E-state index is -0.505. The van der Waals surface area contributed by atoms with Crippen molar-refractivity contribution in [1.82, 2.24) is 0 Å². The molecule has 0 radical (unpaired) electrons. The first-order chi connectivity index (χ1) is 15.5. The molecule has 1 unspecified atom stereocenters. The molecule has 2 N–H and O–H groups in total. The molecule has 0 amide bonds. The van der Waals surface area contributed by atoms with Gasteiger partial charge in [-0.05, 0) is 55.0 Å². The number of nitrogens with two attached hydrogens (primary N) is 1. The number of nitrogens with zero attached hydrogens (tertiary/aromatic N) is 1. The van der Waals surface area contributed by atoms with Gasteiger partial charge in [0.25, 0.3) is 0 Å². The summed E-state index contributed by atoms with van der Waals surface area (Å²) in [7, 11) is 0. The molecular formula is C25H19BrN2O4. The number of fused-ring (bicyclic) bond motifs is 1. The van der Waals surface area contributed by atoms with Gasteiger partial charge in [0.2, 0.25) is 5.88 Å². The summed E-state index contributed by atoms with van der Waals surface area (Å²) in [6, 6.07) is 21.6. The lowest BCUT2D eigenvalue weighted by Gasteiger charge is -2.26. The van der Waals surface area contributed by atoms with E-state index in [4.69, 9.17) is 19.9 Å². The van der Waals surface area contributed by atoms with E-state index >= 15 is 0 Å². The first-order valence-electron chi connectivity index (χ1n) is 9.92. The van der Waals surface area contributed by atoms with Crippen molar-refractivity contribution in [2.24, 2.45) is 5.73 Å². The van der Waals surface area contributed by atoms with E-state index < -0.39 is 5.97 Å². The highest BCUT2D eigenvalue weighted by molar-refractivity contribution is 9.10. The van der Waals surface area contributed by atoms with Crippen molar-refractivity contribution < 1.29 is 19.0 Å². The summed E-state index contributed by atoms with van der Waals surface area (Å²) in [5.74, 6) is 0.572. The van der Waals surface area contributed by atoms with E-state index in [1.54, 1.807) is 42.5 Å². The Morgan fingerprint density at radius 1 is 1.09 bits per heavy atom. The number of halogens is 1. The van der Waals surface area contributed by atoms with E-state index in [9.17, 15) is 10.1 Å². The summed E-state index contributed by atoms with van der Waals surface area (Å²) in [4.78, 5) is 12.5. The molecule has 1 heterocycles. The van der Waals surface area contributed by atoms with Gasteiger partial charge in [-0.2, -0.15) is 5.26 Å². The van der Waals surface area contributed by atoms with Gasteiger partial charge in [0.15, 0.2) is 0 Å². The summed E-state index contributed by atoms with van der Waals surface area (Å²) in [5, 5.41) is 9.67. The first kappa shape index (κ1) is 21.5. The second kappa shape index (κ2) is 9.16. The van der Waals surface area contributed by atoms with E-state index in [0.717, 1.165) is 15.6 Å². The summed E-state index contributed by atoms with van der Waals surface area (Å²) in [6.07, 6.45) is 0. The van der Waals surface area contributed by atoms with Crippen LogP contribution in [-0.2, 0) is 0 Å². The maximum Gasteiger partial charge on any atom is 0.343 e. The molecule has 0 bridgehead atoms. The average Bonchev–Trinajstić information content (AvgIpc) is 2.79. The minimum Gasteiger partial charge on any atom is -0.494 e. The van der Waals surface area contributed by atoms with E-state index in [-0.39, 0.29) is 11.8 Å². The van der Waals surface area contributed by atoms with Crippen molar-refractivity contribution in [2.45, 2.75) is 12.8 Å². The van der Waals surface area contributed by atoms with E-state index in [1.165, 1.54) is 0 Å². The fourth-order valence-electron chi connectivity index (χ4n) is 3.52. The summed E-state index contributed by atoms with van der Waals surface area (Å²) >= 11 is 3.43. The lowest BCUT2D eigenvalue weighted by Crippen LogP contribution is -2.21. The third-order valence-corrected chi connectivity index (χ3v) is 5.53. The number of benzene rings is 3. The van der Waals surface area contributed by atoms with Gasteiger partial charge in [0.1, 0.15) is 28.9 Å². The Kier molecular flexibility index (Phi) is 6.15. The number of esters is 1. The topological polar surface area (TPSA) is 94.6 Å². The Morgan fingerprint density at radius 2 is 1.78 bits per heavy atom. The number of ether oxygens (including phenoxy) is 3. The normalized spacial score (nSPS) is 14.7. The molecule has 7 heteroatoms. The Balaban J connectivity index is 1.62. The third kappa shape index (κ3) is 4.32. The summed E-state index contributed by atoms with van der Waals surface area (Å²) in [5.41, 5.74) is 8.44. The highest BCUT2D eigenvalue weighted by Gasteiger charge is 2.31. The van der Waals surface area contributed by atoms with Crippen molar-refractivity contribution in [1.29, 1.82) is 5.26 Å². The number of carbonyl (C=O) groups is 1. The Hall–Kier alpha value is -3.76. The number of hydrogen-bond donors (Lipinski definition) is 1. The minimum absolute atomic E-state index is 0.0305. The van der Waals surface area contributed by atoms with Crippen LogP contribution in [0.5, 0.6) is 17.2 Å². The Labute approximate surface area is 194 Å². The van der Waals surface area contributed by atoms with Crippen LogP contribution in [0.15, 0.2) is 82.7 Å². The van der Waals surface area contributed by atoms with Crippen LogP contribution in [0.4, 0.5) is 0 Å². The van der Waals surface area contributed by atoms with E-state index in [0.29, 0.717) is 35.0 Å². The van der Waals surface area contributed by atoms with Crippen LogP contribution < -0.4 is 19.9 Å². The molecule has 0 saturated heterocycles. The molecule has 3 aromatic rings. The van der Waals surface area contributed by atoms with Gasteiger partial charge in [0, 0.05) is 16.1 Å². The number of carbonyl (C=O) groups excluding carboxylic acids is 1. The smallest absolute Gasteiger partial charge is 0.343 e. The highest BCUT2D eigenvalue weighted by atomic mass is 79.9. The monoisotopic (exact) mass is 490 g/mol. The summed E-state index contributed by atoms with van der Waals surface area (Å²) < 4.78 is 17.5. The molecule has 1 atom stereocenters. The zero-order chi connectivity index (χ0) is 22.7. The standard InChI is InChI=1S/C25H19BrN2O4/c1-2-30-18-9-5-16(6-10-18)25(29)31-19-11-12-20-22(13-19)32-24(28)21(14-27)23(20)15-3-7-17(26)8-4-15/h3-13,23H,2,28H2,1H3. The van der Waals surface area contributed by atoms with Crippen molar-refractivity contribution >= 4 is 21.9 Å². The lowest BCUT2D eigenvalue weighted by atomic mass is 9.83. The van der Waals surface area contributed by atoms with Crippen LogP contribution in [0, 0.1) is 11.3 Å². The van der Waals surface area contributed by atoms with Crippen LogP contribution in [0.25, 0.3) is 0 Å². The molecule has 6 nitrogen and oxygen atoms in total. The molecule has 4 rings (SSSR count). The number of nitriles is 1. The molecule has 0 saturated carbocycles. The van der Waals surface area contributed by atoms with Crippen molar-refractivity contribution in [2.75, 3.05) is 6.61 Å². The zero-order valence-corrected chi connectivity index (χ0v) is 18.8. The molecular weight excluding hydrogens is 472 g/mol. The number of hydrogen-bond acceptors (Lipinski definition) is 6. The molecule has 160 valence electrons. The number of allylic oxidation sites excluding steroid dienone is 1. The quantitative estimate of drug-likeness (QED) is 0.385. The molecule has 0 aromatic heterocycles. The fraction of sp³-hybridized carbons (Fsp3) is 0.120. The molecule has 3 aromatic carbocycles. The van der Waals surface area contributed by atoms with Crippen LogP contribution in [0.1, 0.15) is 34.3 Å². The van der Waals surface area contributed by atoms with Gasteiger partial charge in [0.05, 0.1) is 18.1 Å². The van der Waals surface area contributed by atoms with Crippen LogP contribution >= 0.6 is 15.9 Å². The molecule has 1 aliphatic rings. The predicted octanol–water partition coefficient (Wildman–Crippen LogP) is 5.29. The number of rotatable bonds is 5. The highest BCUT2D eigenvalue weighted by Crippen LogP contribution is 2.43. The van der Waals surface area contributed by atoms with Crippen LogP contribution in [-0.4, -0.2) is 12.6 Å². The first-order valence-corrected chi connectivity index (χ1v) is 10.7. The molecule has 1 aliphatic heterocycles. The van der Waals surface area contributed by atoms with E-state index in [2.05, 4.69) is 22.0 Å². The van der Waals surface area contributed by atoms with Crippen molar-refractivity contribution in [3.8, 4) is 23.3 Å². The average molecular weight is 491 g/mol. The predicted molar refractivity (Wildman–Crippen MR) is 122 cm³/mol. The zero-order valence-electron chi connectivity index (χ0n) is 17.2. The fourth-order valence-corrected chi connectivity index (χ4v) is 3.78. The second-order valence-corrected chi connectivity index (χ2v) is 7.94. The third-order valence-electron chi connectivity index (χ3n) is 5.01.